The van der Waals surface area contributed by atoms with Gasteiger partial charge >= 0.3 is 12.0 Å². The lowest BCUT2D eigenvalue weighted by atomic mass is 9.88. The number of fused-ring (bicyclic) bond motifs is 2. The second-order valence-corrected chi connectivity index (χ2v) is 7.80. The van der Waals surface area contributed by atoms with Crippen molar-refractivity contribution in [3.8, 4) is 0 Å². The Morgan fingerprint density at radius 3 is 2.38 bits per heavy atom. The number of rotatable bonds is 5. The molecule has 6 nitrogen and oxygen atoms in total. The van der Waals surface area contributed by atoms with Gasteiger partial charge in [-0.3, -0.25) is 9.00 Å². The number of amides is 2. The fourth-order valence-corrected chi connectivity index (χ4v) is 4.50. The number of carbonyl (C=O) groups is 2. The molecular weight excluding hydrogens is 292 g/mol. The van der Waals surface area contributed by atoms with Crippen molar-refractivity contribution < 1.29 is 18.9 Å². The second-order valence-electron chi connectivity index (χ2n) is 6.32. The van der Waals surface area contributed by atoms with E-state index in [1.807, 2.05) is 11.8 Å². The van der Waals surface area contributed by atoms with E-state index in [4.69, 9.17) is 5.11 Å². The molecule has 0 saturated carbocycles. The number of nitrogens with one attached hydrogen (secondary N) is 1. The average Bonchev–Trinajstić information content (AvgIpc) is 2.59. The summed E-state index contributed by atoms with van der Waals surface area (Å²) in [4.78, 5) is 25.1. The predicted octanol–water partition coefficient (Wildman–Crippen LogP) is 1.18. The molecule has 0 aromatic heterocycles. The number of piperidine rings is 1. The van der Waals surface area contributed by atoms with E-state index in [1.165, 1.54) is 0 Å². The minimum Gasteiger partial charge on any atom is -0.481 e. The van der Waals surface area contributed by atoms with Crippen LogP contribution in [-0.4, -0.2) is 56.3 Å². The van der Waals surface area contributed by atoms with Crippen molar-refractivity contribution in [1.29, 1.82) is 0 Å². The largest absolute Gasteiger partial charge is 0.481 e. The third-order valence-corrected chi connectivity index (χ3v) is 5.35. The Morgan fingerprint density at radius 1 is 1.33 bits per heavy atom. The van der Waals surface area contributed by atoms with Crippen molar-refractivity contribution in [2.75, 3.05) is 12.0 Å². The maximum absolute atomic E-state index is 12.4. The van der Waals surface area contributed by atoms with Crippen LogP contribution >= 0.6 is 0 Å². The molecule has 0 aromatic carbocycles. The number of nitrogens with zero attached hydrogens (tertiary/aromatic N) is 1. The molecule has 2 aliphatic heterocycles. The van der Waals surface area contributed by atoms with Gasteiger partial charge in [-0.05, 0) is 38.5 Å². The zero-order valence-electron chi connectivity index (χ0n) is 12.6. The fraction of sp³-hybridized carbons (Fsp3) is 0.857. The highest BCUT2D eigenvalue weighted by Crippen LogP contribution is 2.39. The van der Waals surface area contributed by atoms with Gasteiger partial charge in [-0.2, -0.15) is 0 Å². The number of hydrogen-bond donors (Lipinski definition) is 2. The van der Waals surface area contributed by atoms with Gasteiger partial charge in [0, 0.05) is 47.4 Å². The Hall–Kier alpha value is -1.11. The molecule has 2 N–H and O–H groups in total. The van der Waals surface area contributed by atoms with Gasteiger partial charge in [0.25, 0.3) is 0 Å². The van der Waals surface area contributed by atoms with E-state index >= 15 is 0 Å². The van der Waals surface area contributed by atoms with Crippen molar-refractivity contribution in [1.82, 2.24) is 10.2 Å². The number of carboxylic acid groups (broad SMARTS) is 1. The number of hydrogen-bond acceptors (Lipinski definition) is 3. The Balaban J connectivity index is 1.92. The van der Waals surface area contributed by atoms with Crippen molar-refractivity contribution in [2.45, 2.75) is 57.2 Å². The molecule has 2 fully saturated rings. The summed E-state index contributed by atoms with van der Waals surface area (Å²) < 4.78 is 11.2. The summed E-state index contributed by atoms with van der Waals surface area (Å²) in [5, 5.41) is 11.8. The molecular formula is C14H24N2O4S. The summed E-state index contributed by atoms with van der Waals surface area (Å²) in [6, 6.07) is 0.119. The third-order valence-electron chi connectivity index (χ3n) is 4.38. The molecule has 2 saturated heterocycles. The Labute approximate surface area is 127 Å². The summed E-state index contributed by atoms with van der Waals surface area (Å²) in [7, 11) is -0.930. The van der Waals surface area contributed by atoms with Gasteiger partial charge in [-0.15, -0.1) is 0 Å². The lowest BCUT2D eigenvalue weighted by Gasteiger charge is -2.39. The third kappa shape index (κ3) is 4.18. The van der Waals surface area contributed by atoms with E-state index < -0.39 is 16.8 Å². The van der Waals surface area contributed by atoms with Crippen LogP contribution in [0.1, 0.15) is 39.0 Å². The second kappa shape index (κ2) is 6.77. The fourth-order valence-electron chi connectivity index (χ4n) is 3.71. The molecule has 2 heterocycles. The summed E-state index contributed by atoms with van der Waals surface area (Å²) in [6.45, 7) is 1.86. The molecule has 4 unspecified atom stereocenters. The summed E-state index contributed by atoms with van der Waals surface area (Å²) in [5.74, 6) is -0.114. The molecule has 0 aliphatic carbocycles. The van der Waals surface area contributed by atoms with E-state index in [0.29, 0.717) is 5.75 Å². The van der Waals surface area contributed by atoms with Crippen LogP contribution in [0.5, 0.6) is 0 Å². The molecule has 4 atom stereocenters. The van der Waals surface area contributed by atoms with Crippen LogP contribution in [0.4, 0.5) is 4.79 Å². The zero-order valence-corrected chi connectivity index (χ0v) is 13.4. The first-order valence-electron chi connectivity index (χ1n) is 7.47. The van der Waals surface area contributed by atoms with Gasteiger partial charge in [-0.1, -0.05) is 0 Å². The average molecular weight is 316 g/mol. The highest BCUT2D eigenvalue weighted by Gasteiger charge is 2.43. The van der Waals surface area contributed by atoms with Crippen LogP contribution in [0.25, 0.3) is 0 Å². The van der Waals surface area contributed by atoms with Crippen LogP contribution < -0.4 is 5.32 Å². The summed E-state index contributed by atoms with van der Waals surface area (Å²) >= 11 is 0. The van der Waals surface area contributed by atoms with Gasteiger partial charge in [0.15, 0.2) is 0 Å². The van der Waals surface area contributed by atoms with Crippen molar-refractivity contribution in [3.63, 3.8) is 0 Å². The SMILES string of the molecule is CC(CS(C)=O)NC(=O)N1C2CCC1CC(CC(=O)O)C2. The molecule has 21 heavy (non-hydrogen) atoms. The van der Waals surface area contributed by atoms with E-state index in [0.717, 1.165) is 25.7 Å². The minimum atomic E-state index is -0.930. The highest BCUT2D eigenvalue weighted by atomic mass is 32.2. The van der Waals surface area contributed by atoms with Gasteiger partial charge < -0.3 is 15.3 Å². The number of aliphatic carboxylic acids is 1. The molecule has 0 spiro atoms. The van der Waals surface area contributed by atoms with Crippen LogP contribution in [-0.2, 0) is 15.6 Å². The Morgan fingerprint density at radius 2 is 1.90 bits per heavy atom. The molecule has 0 radical (unpaired) electrons. The van der Waals surface area contributed by atoms with Gasteiger partial charge in [0.05, 0.1) is 0 Å². The van der Waals surface area contributed by atoms with Crippen LogP contribution in [0.2, 0.25) is 0 Å². The first kappa shape index (κ1) is 16.3. The summed E-state index contributed by atoms with van der Waals surface area (Å²) in [6.07, 6.45) is 5.32. The maximum atomic E-state index is 12.4. The quantitative estimate of drug-likeness (QED) is 0.797. The van der Waals surface area contributed by atoms with E-state index in [9.17, 15) is 13.8 Å². The van der Waals surface area contributed by atoms with Crippen LogP contribution in [0, 0.1) is 5.92 Å². The molecule has 7 heteroatoms. The van der Waals surface area contributed by atoms with Crippen molar-refractivity contribution >= 4 is 22.8 Å². The first-order valence-corrected chi connectivity index (χ1v) is 9.20. The van der Waals surface area contributed by atoms with Gasteiger partial charge in [0.1, 0.15) is 0 Å². The normalized spacial score (nSPS) is 30.8. The van der Waals surface area contributed by atoms with E-state index in [-0.39, 0.29) is 36.5 Å². The number of carboxylic acids is 1. The number of carbonyl (C=O) groups excluding carboxylic acids is 1. The lowest BCUT2D eigenvalue weighted by Crippen LogP contribution is -2.53. The predicted molar refractivity (Wildman–Crippen MR) is 80.6 cm³/mol. The smallest absolute Gasteiger partial charge is 0.318 e. The molecule has 2 amide bonds. The maximum Gasteiger partial charge on any atom is 0.318 e. The molecule has 2 bridgehead atoms. The first-order chi connectivity index (χ1) is 9.86. The molecule has 0 aromatic rings. The Bertz CT molecular complexity index is 429. The van der Waals surface area contributed by atoms with E-state index in [1.54, 1.807) is 6.26 Å². The summed E-state index contributed by atoms with van der Waals surface area (Å²) in [5.41, 5.74) is 0. The van der Waals surface area contributed by atoms with E-state index in [2.05, 4.69) is 5.32 Å². The lowest BCUT2D eigenvalue weighted by molar-refractivity contribution is -0.138. The zero-order chi connectivity index (χ0) is 15.6. The van der Waals surface area contributed by atoms with Crippen molar-refractivity contribution in [3.05, 3.63) is 0 Å². The van der Waals surface area contributed by atoms with Gasteiger partial charge in [-0.25, -0.2) is 4.79 Å². The van der Waals surface area contributed by atoms with Crippen LogP contribution in [0.15, 0.2) is 0 Å². The van der Waals surface area contributed by atoms with Crippen LogP contribution in [0.3, 0.4) is 0 Å². The monoisotopic (exact) mass is 316 g/mol. The van der Waals surface area contributed by atoms with Gasteiger partial charge in [0.2, 0.25) is 0 Å². The minimum absolute atomic E-state index is 0.0887. The van der Waals surface area contributed by atoms with Crippen molar-refractivity contribution in [2.24, 2.45) is 5.92 Å². The molecule has 120 valence electrons. The molecule has 2 aliphatic rings. The topological polar surface area (TPSA) is 86.7 Å². The number of urea groups is 1. The Kier molecular flexibility index (Phi) is 5.24. The molecule has 2 rings (SSSR count). The highest BCUT2D eigenvalue weighted by molar-refractivity contribution is 7.84. The standard InChI is InChI=1S/C14H24N2O4S/c1-9(8-21(2)20)15-14(19)16-11-3-4-12(16)6-10(5-11)7-13(17)18/h9-12H,3-8H2,1-2H3,(H,15,19)(H,17,18).